The van der Waals surface area contributed by atoms with Crippen molar-refractivity contribution in [2.45, 2.75) is 0 Å². The van der Waals surface area contributed by atoms with Gasteiger partial charge in [-0.2, -0.15) is 0 Å². The van der Waals surface area contributed by atoms with Crippen LogP contribution in [0, 0.1) is 0 Å². The first kappa shape index (κ1) is 21.6. The number of anilines is 2. The third kappa shape index (κ3) is 6.47. The maximum absolute atomic E-state index is 12.2. The second-order valence-corrected chi connectivity index (χ2v) is 8.53. The first-order valence-electron chi connectivity index (χ1n) is 8.93. The van der Waals surface area contributed by atoms with Crippen LogP contribution < -0.4 is 20.1 Å². The molecule has 0 saturated heterocycles. The van der Waals surface area contributed by atoms with Gasteiger partial charge in [0.1, 0.15) is 0 Å². The van der Waals surface area contributed by atoms with E-state index in [4.69, 9.17) is 9.47 Å². The highest BCUT2D eigenvalue weighted by Crippen LogP contribution is 2.26. The number of carbonyl (C=O) groups is 2. The van der Waals surface area contributed by atoms with Gasteiger partial charge in [0.05, 0.1) is 10.9 Å². The van der Waals surface area contributed by atoms with Gasteiger partial charge in [0.25, 0.3) is 5.91 Å². The predicted molar refractivity (Wildman–Crippen MR) is 123 cm³/mol. The van der Waals surface area contributed by atoms with E-state index < -0.39 is 0 Å². The molecule has 154 valence electrons. The van der Waals surface area contributed by atoms with Gasteiger partial charge >= 0.3 is 0 Å². The molecule has 0 unspecified atom stereocenters. The van der Waals surface area contributed by atoms with Crippen molar-refractivity contribution in [1.29, 1.82) is 0 Å². The number of methoxy groups -OCH3 is 1. The minimum atomic E-state index is -0.326. The molecule has 1 heterocycles. The molecule has 0 atom stereocenters. The second kappa shape index (κ2) is 10.6. The molecule has 0 bridgehead atoms. The number of carbonyl (C=O) groups excluding carboxylic acids is 2. The average Bonchev–Trinajstić information content (AvgIpc) is 3.16. The summed E-state index contributed by atoms with van der Waals surface area (Å²) < 4.78 is 11.7. The number of hydrogen-bond donors (Lipinski definition) is 2. The van der Waals surface area contributed by atoms with Crippen molar-refractivity contribution in [2.24, 2.45) is 0 Å². The Bertz CT molecular complexity index is 1060. The monoisotopic (exact) mass is 486 g/mol. The van der Waals surface area contributed by atoms with Gasteiger partial charge in [-0.15, -0.1) is 11.3 Å². The standard InChI is InChI=1S/C22H19BrN2O4S/c1-28-18-7-2-3-8-19(18)29-14-22(27)25-16-6-4-5-15(13-16)24-21(26)12-10-17-9-11-20(23)30-17/h2-13H,14H2,1H3,(H,24,26)(H,25,27)/b12-10+. The fraction of sp³-hybridized carbons (Fsp3) is 0.0909. The molecule has 8 heteroatoms. The van der Waals surface area contributed by atoms with Crippen LogP contribution in [-0.4, -0.2) is 25.5 Å². The van der Waals surface area contributed by atoms with Crippen LogP contribution in [0.3, 0.4) is 0 Å². The Balaban J connectivity index is 1.53. The van der Waals surface area contributed by atoms with Crippen molar-refractivity contribution < 1.29 is 19.1 Å². The third-order valence-corrected chi connectivity index (χ3v) is 5.42. The van der Waals surface area contributed by atoms with E-state index in [2.05, 4.69) is 26.6 Å². The molecular weight excluding hydrogens is 468 g/mol. The lowest BCUT2D eigenvalue weighted by Gasteiger charge is -2.11. The average molecular weight is 487 g/mol. The molecule has 0 spiro atoms. The van der Waals surface area contributed by atoms with E-state index in [1.807, 2.05) is 18.2 Å². The first-order valence-corrected chi connectivity index (χ1v) is 10.5. The van der Waals surface area contributed by atoms with Gasteiger partial charge < -0.3 is 20.1 Å². The molecule has 2 amide bonds. The largest absolute Gasteiger partial charge is 0.493 e. The summed E-state index contributed by atoms with van der Waals surface area (Å²) in [4.78, 5) is 25.3. The second-order valence-electron chi connectivity index (χ2n) is 6.03. The molecule has 0 aliphatic rings. The van der Waals surface area contributed by atoms with E-state index in [0.717, 1.165) is 8.66 Å². The smallest absolute Gasteiger partial charge is 0.262 e. The molecule has 6 nitrogen and oxygen atoms in total. The number of hydrogen-bond acceptors (Lipinski definition) is 5. The molecule has 2 N–H and O–H groups in total. The van der Waals surface area contributed by atoms with E-state index in [9.17, 15) is 9.59 Å². The zero-order chi connectivity index (χ0) is 21.3. The van der Waals surface area contributed by atoms with Gasteiger partial charge in [0.15, 0.2) is 18.1 Å². The SMILES string of the molecule is COc1ccccc1OCC(=O)Nc1cccc(NC(=O)/C=C/c2ccc(Br)s2)c1. The van der Waals surface area contributed by atoms with Crippen LogP contribution >= 0.6 is 27.3 Å². The molecule has 0 fully saturated rings. The molecular formula is C22H19BrN2O4S. The minimum absolute atomic E-state index is 0.171. The highest BCUT2D eigenvalue weighted by atomic mass is 79.9. The maximum Gasteiger partial charge on any atom is 0.262 e. The lowest BCUT2D eigenvalue weighted by molar-refractivity contribution is -0.118. The number of thiophene rings is 1. The quantitative estimate of drug-likeness (QED) is 0.429. The Morgan fingerprint density at radius 1 is 1.00 bits per heavy atom. The molecule has 3 rings (SSSR count). The zero-order valence-corrected chi connectivity index (χ0v) is 18.5. The number of para-hydroxylation sites is 2. The van der Waals surface area contributed by atoms with Gasteiger partial charge in [0.2, 0.25) is 5.91 Å². The Hall–Kier alpha value is -3.10. The Kier molecular flexibility index (Phi) is 7.64. The van der Waals surface area contributed by atoms with E-state index in [-0.39, 0.29) is 18.4 Å². The van der Waals surface area contributed by atoms with E-state index >= 15 is 0 Å². The summed E-state index contributed by atoms with van der Waals surface area (Å²) in [5, 5.41) is 5.52. The van der Waals surface area contributed by atoms with Crippen LogP contribution in [-0.2, 0) is 9.59 Å². The first-order chi connectivity index (χ1) is 14.5. The Morgan fingerprint density at radius 2 is 1.73 bits per heavy atom. The van der Waals surface area contributed by atoms with E-state index in [1.165, 1.54) is 24.5 Å². The summed E-state index contributed by atoms with van der Waals surface area (Å²) in [6.07, 6.45) is 3.20. The molecule has 0 aliphatic carbocycles. The van der Waals surface area contributed by atoms with Gasteiger partial charge in [-0.25, -0.2) is 0 Å². The molecule has 2 aromatic carbocycles. The van der Waals surface area contributed by atoms with Crippen molar-refractivity contribution in [3.8, 4) is 11.5 Å². The predicted octanol–water partition coefficient (Wildman–Crippen LogP) is 5.19. The fourth-order valence-electron chi connectivity index (χ4n) is 2.51. The molecule has 0 aliphatic heterocycles. The van der Waals surface area contributed by atoms with Gasteiger partial charge in [0, 0.05) is 22.3 Å². The summed E-state index contributed by atoms with van der Waals surface area (Å²) in [6.45, 7) is -0.171. The highest BCUT2D eigenvalue weighted by molar-refractivity contribution is 9.11. The van der Waals surface area contributed by atoms with Crippen LogP contribution in [0.15, 0.2) is 70.5 Å². The zero-order valence-electron chi connectivity index (χ0n) is 16.1. The number of nitrogens with one attached hydrogen (secondary N) is 2. The van der Waals surface area contributed by atoms with Gasteiger partial charge in [-0.1, -0.05) is 18.2 Å². The maximum atomic E-state index is 12.2. The van der Waals surface area contributed by atoms with Crippen LogP contribution in [0.5, 0.6) is 11.5 Å². The summed E-state index contributed by atoms with van der Waals surface area (Å²) in [7, 11) is 1.54. The lowest BCUT2D eigenvalue weighted by Crippen LogP contribution is -2.20. The van der Waals surface area contributed by atoms with Crippen LogP contribution in [0.2, 0.25) is 0 Å². The lowest BCUT2D eigenvalue weighted by atomic mass is 10.2. The highest BCUT2D eigenvalue weighted by Gasteiger charge is 2.08. The minimum Gasteiger partial charge on any atom is -0.493 e. The summed E-state index contributed by atoms with van der Waals surface area (Å²) in [6, 6.07) is 17.8. The fourth-order valence-corrected chi connectivity index (χ4v) is 3.84. The number of benzene rings is 2. The van der Waals surface area contributed by atoms with Crippen molar-refractivity contribution in [1.82, 2.24) is 0 Å². The van der Waals surface area contributed by atoms with E-state index in [1.54, 1.807) is 48.5 Å². The van der Waals surface area contributed by atoms with Crippen LogP contribution in [0.4, 0.5) is 11.4 Å². The Labute approximate surface area is 186 Å². The van der Waals surface area contributed by atoms with Crippen molar-refractivity contribution in [3.05, 3.63) is 75.4 Å². The van der Waals surface area contributed by atoms with Crippen molar-refractivity contribution in [3.63, 3.8) is 0 Å². The molecule has 0 saturated carbocycles. The number of amides is 2. The number of halogens is 1. The molecule has 1 aromatic heterocycles. The van der Waals surface area contributed by atoms with Gasteiger partial charge in [-0.05, 0) is 64.5 Å². The van der Waals surface area contributed by atoms with Gasteiger partial charge in [-0.3, -0.25) is 9.59 Å². The molecule has 3 aromatic rings. The van der Waals surface area contributed by atoms with Crippen LogP contribution in [0.25, 0.3) is 6.08 Å². The summed E-state index contributed by atoms with van der Waals surface area (Å²) in [5.74, 6) is 0.453. The number of ether oxygens (including phenoxy) is 2. The Morgan fingerprint density at radius 3 is 2.43 bits per heavy atom. The topological polar surface area (TPSA) is 76.7 Å². The van der Waals surface area contributed by atoms with Crippen molar-refractivity contribution >= 4 is 56.5 Å². The van der Waals surface area contributed by atoms with E-state index in [0.29, 0.717) is 22.9 Å². The molecule has 0 radical (unpaired) electrons. The summed E-state index contributed by atoms with van der Waals surface area (Å²) >= 11 is 4.92. The summed E-state index contributed by atoms with van der Waals surface area (Å²) in [5.41, 5.74) is 1.12. The third-order valence-electron chi connectivity index (χ3n) is 3.83. The van der Waals surface area contributed by atoms with Crippen LogP contribution in [0.1, 0.15) is 4.88 Å². The number of rotatable bonds is 8. The van der Waals surface area contributed by atoms with Crippen molar-refractivity contribution in [2.75, 3.05) is 24.4 Å². The molecule has 30 heavy (non-hydrogen) atoms. The normalized spacial score (nSPS) is 10.6.